The fourth-order valence-corrected chi connectivity index (χ4v) is 1.70. The summed E-state index contributed by atoms with van der Waals surface area (Å²) in [6.45, 7) is 2.31. The van der Waals surface area contributed by atoms with Gasteiger partial charge in [-0.15, -0.1) is 0 Å². The van der Waals surface area contributed by atoms with Crippen molar-refractivity contribution in [3.8, 4) is 0 Å². The van der Waals surface area contributed by atoms with E-state index in [1.165, 1.54) is 0 Å². The van der Waals surface area contributed by atoms with Gasteiger partial charge in [-0.05, 0) is 19.4 Å². The van der Waals surface area contributed by atoms with Crippen molar-refractivity contribution in [2.75, 3.05) is 19.6 Å². The molecule has 0 aromatic rings. The van der Waals surface area contributed by atoms with Gasteiger partial charge in [-0.3, -0.25) is 9.69 Å². The van der Waals surface area contributed by atoms with E-state index >= 15 is 0 Å². The lowest BCUT2D eigenvalue weighted by molar-refractivity contribution is -0.137. The van der Waals surface area contributed by atoms with Gasteiger partial charge in [0.25, 0.3) is 0 Å². The molecular formula is C8H16N2O2. The molecule has 0 radical (unpaired) electrons. The Morgan fingerprint density at radius 1 is 1.67 bits per heavy atom. The van der Waals surface area contributed by atoms with Crippen LogP contribution >= 0.6 is 0 Å². The zero-order chi connectivity index (χ0) is 8.97. The van der Waals surface area contributed by atoms with Crippen molar-refractivity contribution >= 4 is 5.97 Å². The number of aliphatic carboxylic acids is 1. The molecule has 1 rings (SSSR count). The summed E-state index contributed by atoms with van der Waals surface area (Å²) in [6.07, 6.45) is 2.51. The van der Waals surface area contributed by atoms with Gasteiger partial charge in [0.05, 0.1) is 6.42 Å². The van der Waals surface area contributed by atoms with Gasteiger partial charge in [0.2, 0.25) is 0 Å². The third kappa shape index (κ3) is 2.46. The van der Waals surface area contributed by atoms with Gasteiger partial charge < -0.3 is 10.8 Å². The Bertz CT molecular complexity index is 161. The first kappa shape index (κ1) is 9.48. The minimum Gasteiger partial charge on any atom is -0.481 e. The van der Waals surface area contributed by atoms with Gasteiger partial charge in [0.15, 0.2) is 0 Å². The molecule has 70 valence electrons. The van der Waals surface area contributed by atoms with Crippen LogP contribution in [0.1, 0.15) is 19.3 Å². The number of nitrogens with zero attached hydrogens (tertiary/aromatic N) is 1. The van der Waals surface area contributed by atoms with Gasteiger partial charge in [-0.2, -0.15) is 0 Å². The highest BCUT2D eigenvalue weighted by Crippen LogP contribution is 2.15. The Morgan fingerprint density at radius 2 is 2.42 bits per heavy atom. The lowest BCUT2D eigenvalue weighted by Gasteiger charge is -2.21. The van der Waals surface area contributed by atoms with Crippen molar-refractivity contribution < 1.29 is 9.90 Å². The van der Waals surface area contributed by atoms with Gasteiger partial charge in [-0.1, -0.05) is 0 Å². The largest absolute Gasteiger partial charge is 0.481 e. The van der Waals surface area contributed by atoms with Crippen LogP contribution in [0.15, 0.2) is 0 Å². The number of hydrogen-bond donors (Lipinski definition) is 2. The second-order valence-electron chi connectivity index (χ2n) is 3.21. The highest BCUT2D eigenvalue weighted by molar-refractivity contribution is 5.66. The van der Waals surface area contributed by atoms with Gasteiger partial charge in [-0.25, -0.2) is 0 Å². The van der Waals surface area contributed by atoms with Crippen molar-refractivity contribution in [2.24, 2.45) is 5.73 Å². The van der Waals surface area contributed by atoms with E-state index in [4.69, 9.17) is 10.8 Å². The van der Waals surface area contributed by atoms with E-state index in [1.807, 2.05) is 0 Å². The van der Waals surface area contributed by atoms with Crippen LogP contribution < -0.4 is 5.73 Å². The van der Waals surface area contributed by atoms with E-state index in [0.29, 0.717) is 19.1 Å². The maximum absolute atomic E-state index is 10.3. The van der Waals surface area contributed by atoms with Crippen LogP contribution in [0.4, 0.5) is 0 Å². The Morgan fingerprint density at radius 3 is 3.00 bits per heavy atom. The molecule has 1 aliphatic heterocycles. The monoisotopic (exact) mass is 172 g/mol. The fourth-order valence-electron chi connectivity index (χ4n) is 1.70. The highest BCUT2D eigenvalue weighted by atomic mass is 16.4. The van der Waals surface area contributed by atoms with Crippen molar-refractivity contribution in [3.05, 3.63) is 0 Å². The number of rotatable bonds is 4. The molecule has 0 amide bonds. The zero-order valence-electron chi connectivity index (χ0n) is 7.20. The molecule has 1 heterocycles. The molecule has 12 heavy (non-hydrogen) atoms. The maximum atomic E-state index is 10.3. The lowest BCUT2D eigenvalue weighted by atomic mass is 10.2. The molecular weight excluding hydrogens is 156 g/mol. The number of carboxylic acid groups (broad SMARTS) is 1. The Kier molecular flexibility index (Phi) is 3.49. The normalized spacial score (nSPS) is 24.6. The first-order valence-corrected chi connectivity index (χ1v) is 4.40. The topological polar surface area (TPSA) is 66.6 Å². The number of nitrogens with two attached hydrogens (primary N) is 1. The van der Waals surface area contributed by atoms with Crippen molar-refractivity contribution in [1.82, 2.24) is 4.90 Å². The lowest BCUT2D eigenvalue weighted by Crippen LogP contribution is -2.36. The highest BCUT2D eigenvalue weighted by Gasteiger charge is 2.22. The van der Waals surface area contributed by atoms with E-state index in [0.717, 1.165) is 19.4 Å². The van der Waals surface area contributed by atoms with Crippen molar-refractivity contribution in [1.29, 1.82) is 0 Å². The number of likely N-dealkylation sites (tertiary alicyclic amines) is 1. The van der Waals surface area contributed by atoms with Gasteiger partial charge in [0.1, 0.15) is 0 Å². The molecule has 3 N–H and O–H groups in total. The summed E-state index contributed by atoms with van der Waals surface area (Å²) in [4.78, 5) is 12.5. The summed E-state index contributed by atoms with van der Waals surface area (Å²) in [6, 6.07) is 0.421. The van der Waals surface area contributed by atoms with E-state index in [-0.39, 0.29) is 6.42 Å². The summed E-state index contributed by atoms with van der Waals surface area (Å²) in [7, 11) is 0. The fraction of sp³-hybridized carbons (Fsp3) is 0.875. The number of hydrogen-bond acceptors (Lipinski definition) is 3. The third-order valence-corrected chi connectivity index (χ3v) is 2.38. The predicted molar refractivity (Wildman–Crippen MR) is 45.9 cm³/mol. The smallest absolute Gasteiger partial charge is 0.304 e. The minimum absolute atomic E-state index is 0.233. The molecule has 1 fully saturated rings. The SMILES string of the molecule is NCC1CCCN1CCC(=O)O. The summed E-state index contributed by atoms with van der Waals surface area (Å²) >= 11 is 0. The molecule has 0 aromatic heterocycles. The van der Waals surface area contributed by atoms with Gasteiger partial charge >= 0.3 is 5.97 Å². The summed E-state index contributed by atoms with van der Waals surface area (Å²) in [5, 5.41) is 8.47. The van der Waals surface area contributed by atoms with E-state index in [1.54, 1.807) is 0 Å². The van der Waals surface area contributed by atoms with Crippen LogP contribution in [-0.4, -0.2) is 41.7 Å². The summed E-state index contributed by atoms with van der Waals surface area (Å²) < 4.78 is 0. The Labute approximate surface area is 72.3 Å². The van der Waals surface area contributed by atoms with Crippen LogP contribution in [0.5, 0.6) is 0 Å². The van der Waals surface area contributed by atoms with Crippen molar-refractivity contribution in [2.45, 2.75) is 25.3 Å². The van der Waals surface area contributed by atoms with Crippen molar-refractivity contribution in [3.63, 3.8) is 0 Å². The number of carboxylic acids is 1. The molecule has 1 aliphatic rings. The van der Waals surface area contributed by atoms with Crippen LogP contribution in [0.2, 0.25) is 0 Å². The molecule has 0 aliphatic carbocycles. The average Bonchev–Trinajstić information content (AvgIpc) is 2.47. The molecule has 1 unspecified atom stereocenters. The van der Waals surface area contributed by atoms with Crippen LogP contribution in [0.25, 0.3) is 0 Å². The number of carbonyl (C=O) groups is 1. The van der Waals surface area contributed by atoms with E-state index in [2.05, 4.69) is 4.90 Å². The van der Waals surface area contributed by atoms with Gasteiger partial charge in [0, 0.05) is 19.1 Å². The Balaban J connectivity index is 2.26. The van der Waals surface area contributed by atoms with Crippen LogP contribution in [0.3, 0.4) is 0 Å². The Hall–Kier alpha value is -0.610. The predicted octanol–water partition coefficient (Wildman–Crippen LogP) is -0.116. The summed E-state index contributed by atoms with van der Waals surface area (Å²) in [5.74, 6) is -0.724. The third-order valence-electron chi connectivity index (χ3n) is 2.38. The van der Waals surface area contributed by atoms with E-state index in [9.17, 15) is 4.79 Å². The average molecular weight is 172 g/mol. The van der Waals surface area contributed by atoms with Crippen LogP contribution in [-0.2, 0) is 4.79 Å². The zero-order valence-corrected chi connectivity index (χ0v) is 7.20. The standard InChI is InChI=1S/C8H16N2O2/c9-6-7-2-1-4-10(7)5-3-8(11)12/h7H,1-6,9H2,(H,11,12). The first-order chi connectivity index (χ1) is 5.74. The molecule has 0 bridgehead atoms. The molecule has 0 saturated carbocycles. The second-order valence-corrected chi connectivity index (χ2v) is 3.21. The first-order valence-electron chi connectivity index (χ1n) is 4.40. The molecule has 4 heteroatoms. The molecule has 1 saturated heterocycles. The molecule has 1 atom stereocenters. The van der Waals surface area contributed by atoms with Crippen LogP contribution in [0, 0.1) is 0 Å². The second kappa shape index (κ2) is 4.42. The summed E-state index contributed by atoms with van der Waals surface area (Å²) in [5.41, 5.74) is 5.54. The molecule has 0 aromatic carbocycles. The molecule has 0 spiro atoms. The minimum atomic E-state index is -0.724. The quantitative estimate of drug-likeness (QED) is 0.620. The van der Waals surface area contributed by atoms with E-state index < -0.39 is 5.97 Å². The maximum Gasteiger partial charge on any atom is 0.304 e. The molecule has 4 nitrogen and oxygen atoms in total.